The predicted octanol–water partition coefficient (Wildman–Crippen LogP) is 3.29. The van der Waals surface area contributed by atoms with E-state index in [-0.39, 0.29) is 11.5 Å². The number of hydrogen-bond donors (Lipinski definition) is 2. The summed E-state index contributed by atoms with van der Waals surface area (Å²) >= 11 is 0. The van der Waals surface area contributed by atoms with Gasteiger partial charge in [-0.1, -0.05) is 18.2 Å². The molecule has 2 aromatic carbocycles. The second-order valence-electron chi connectivity index (χ2n) is 6.22. The molecule has 2 N–H and O–H groups in total. The van der Waals surface area contributed by atoms with Crippen molar-refractivity contribution in [2.24, 2.45) is 5.41 Å². The summed E-state index contributed by atoms with van der Waals surface area (Å²) in [7, 11) is 0. The number of halogens is 2. The van der Waals surface area contributed by atoms with Crippen LogP contribution in [0.25, 0.3) is 0 Å². The number of anilines is 1. The van der Waals surface area contributed by atoms with Gasteiger partial charge in [0.1, 0.15) is 17.0 Å². The topological polar surface area (TPSA) is 58.2 Å². The van der Waals surface area contributed by atoms with Crippen molar-refractivity contribution in [3.8, 4) is 0 Å². The van der Waals surface area contributed by atoms with E-state index >= 15 is 0 Å². The van der Waals surface area contributed by atoms with Crippen LogP contribution in [0.2, 0.25) is 0 Å². The quantitative estimate of drug-likeness (QED) is 0.789. The van der Waals surface area contributed by atoms with Gasteiger partial charge in [-0.15, -0.1) is 0 Å². The van der Waals surface area contributed by atoms with Crippen LogP contribution < -0.4 is 10.6 Å². The summed E-state index contributed by atoms with van der Waals surface area (Å²) in [4.78, 5) is 24.6. The van der Waals surface area contributed by atoms with Crippen molar-refractivity contribution in [2.75, 3.05) is 11.9 Å². The molecule has 0 saturated heterocycles. The third-order valence-corrected chi connectivity index (χ3v) is 3.83. The third kappa shape index (κ3) is 5.11. The zero-order chi connectivity index (χ0) is 18.4. The molecule has 0 unspecified atom stereocenters. The van der Waals surface area contributed by atoms with Crippen LogP contribution in [0.1, 0.15) is 19.4 Å². The number of benzene rings is 2. The first-order valence-electron chi connectivity index (χ1n) is 7.89. The Kier molecular flexibility index (Phi) is 5.85. The Labute approximate surface area is 145 Å². The number of nitrogens with one attached hydrogen (secondary N) is 2. The highest BCUT2D eigenvalue weighted by molar-refractivity contribution is 6.09. The van der Waals surface area contributed by atoms with Crippen LogP contribution in [0, 0.1) is 17.0 Å². The van der Waals surface area contributed by atoms with E-state index in [1.807, 2.05) is 0 Å². The molecule has 2 aromatic rings. The van der Waals surface area contributed by atoms with Crippen LogP contribution >= 0.6 is 0 Å². The zero-order valence-electron chi connectivity index (χ0n) is 14.1. The van der Waals surface area contributed by atoms with Gasteiger partial charge in [0, 0.05) is 12.2 Å². The lowest BCUT2D eigenvalue weighted by Crippen LogP contribution is -2.45. The molecular weight excluding hydrogens is 326 g/mol. The van der Waals surface area contributed by atoms with Crippen LogP contribution in [0.4, 0.5) is 14.5 Å². The molecule has 6 heteroatoms. The normalized spacial score (nSPS) is 11.0. The summed E-state index contributed by atoms with van der Waals surface area (Å²) in [6.07, 6.45) is 0.521. The summed E-state index contributed by atoms with van der Waals surface area (Å²) in [6.45, 7) is 3.31. The van der Waals surface area contributed by atoms with Crippen molar-refractivity contribution in [3.63, 3.8) is 0 Å². The van der Waals surface area contributed by atoms with Gasteiger partial charge in [-0.2, -0.15) is 0 Å². The fourth-order valence-electron chi connectivity index (χ4n) is 2.15. The lowest BCUT2D eigenvalue weighted by molar-refractivity contribution is -0.138. The van der Waals surface area contributed by atoms with E-state index in [1.54, 1.807) is 18.2 Å². The van der Waals surface area contributed by atoms with Crippen LogP contribution in [0.15, 0.2) is 48.5 Å². The van der Waals surface area contributed by atoms with Gasteiger partial charge in [-0.25, -0.2) is 8.78 Å². The number of amides is 2. The van der Waals surface area contributed by atoms with Gasteiger partial charge < -0.3 is 10.6 Å². The molecule has 2 rings (SSSR count). The van der Waals surface area contributed by atoms with E-state index in [2.05, 4.69) is 10.6 Å². The fraction of sp³-hybridized carbons (Fsp3) is 0.263. The van der Waals surface area contributed by atoms with Crippen molar-refractivity contribution in [2.45, 2.75) is 20.3 Å². The minimum absolute atomic E-state index is 0.289. The third-order valence-electron chi connectivity index (χ3n) is 3.83. The first-order chi connectivity index (χ1) is 11.8. The molecule has 0 aliphatic carbocycles. The number of rotatable bonds is 6. The molecule has 0 aromatic heterocycles. The lowest BCUT2D eigenvalue weighted by atomic mass is 9.91. The standard InChI is InChI=1S/C19H20F2N2O2/c1-19(2,18(25)23-16-5-3-4-15(21)12-16)17(24)22-11-10-13-6-8-14(20)9-7-13/h3-9,12H,10-11H2,1-2H3,(H,22,24)(H,23,25). The van der Waals surface area contributed by atoms with Gasteiger partial charge in [-0.05, 0) is 56.2 Å². The minimum Gasteiger partial charge on any atom is -0.355 e. The van der Waals surface area contributed by atoms with Gasteiger partial charge in [0.25, 0.3) is 0 Å². The summed E-state index contributed by atoms with van der Waals surface area (Å²) in [6, 6.07) is 11.5. The highest BCUT2D eigenvalue weighted by atomic mass is 19.1. The van der Waals surface area contributed by atoms with E-state index in [0.717, 1.165) is 5.56 Å². The maximum Gasteiger partial charge on any atom is 0.239 e. The Morgan fingerprint density at radius 1 is 0.960 bits per heavy atom. The molecule has 0 bridgehead atoms. The van der Waals surface area contributed by atoms with E-state index in [9.17, 15) is 18.4 Å². The van der Waals surface area contributed by atoms with Gasteiger partial charge >= 0.3 is 0 Å². The monoisotopic (exact) mass is 346 g/mol. The first kappa shape index (κ1) is 18.6. The van der Waals surface area contributed by atoms with Crippen LogP contribution in [0.5, 0.6) is 0 Å². The molecule has 4 nitrogen and oxygen atoms in total. The second-order valence-corrected chi connectivity index (χ2v) is 6.22. The molecule has 0 aliphatic rings. The molecule has 0 saturated carbocycles. The SMILES string of the molecule is CC(C)(C(=O)NCCc1ccc(F)cc1)C(=O)Nc1cccc(F)c1. The Bertz CT molecular complexity index is 758. The summed E-state index contributed by atoms with van der Waals surface area (Å²) in [5.74, 6) is -1.76. The summed E-state index contributed by atoms with van der Waals surface area (Å²) in [5.41, 5.74) is -0.157. The van der Waals surface area contributed by atoms with E-state index in [1.165, 1.54) is 44.2 Å². The van der Waals surface area contributed by atoms with Gasteiger partial charge in [0.05, 0.1) is 0 Å². The Morgan fingerprint density at radius 3 is 2.28 bits per heavy atom. The second kappa shape index (κ2) is 7.88. The Morgan fingerprint density at radius 2 is 1.64 bits per heavy atom. The zero-order valence-corrected chi connectivity index (χ0v) is 14.1. The van der Waals surface area contributed by atoms with Gasteiger partial charge in [0.2, 0.25) is 11.8 Å². The van der Waals surface area contributed by atoms with Gasteiger partial charge in [0.15, 0.2) is 0 Å². The summed E-state index contributed by atoms with van der Waals surface area (Å²) in [5, 5.41) is 5.23. The van der Waals surface area contributed by atoms with E-state index < -0.39 is 23.0 Å². The molecular formula is C19H20F2N2O2. The van der Waals surface area contributed by atoms with Crippen molar-refractivity contribution < 1.29 is 18.4 Å². The molecule has 132 valence electrons. The Balaban J connectivity index is 1.89. The van der Waals surface area contributed by atoms with Gasteiger partial charge in [-0.3, -0.25) is 9.59 Å². The van der Waals surface area contributed by atoms with Crippen molar-refractivity contribution in [1.29, 1.82) is 0 Å². The van der Waals surface area contributed by atoms with E-state index in [4.69, 9.17) is 0 Å². The van der Waals surface area contributed by atoms with Crippen molar-refractivity contribution in [3.05, 3.63) is 65.7 Å². The van der Waals surface area contributed by atoms with Crippen molar-refractivity contribution in [1.82, 2.24) is 5.32 Å². The lowest BCUT2D eigenvalue weighted by Gasteiger charge is -2.22. The average Bonchev–Trinajstić information content (AvgIpc) is 2.56. The average molecular weight is 346 g/mol. The molecule has 0 heterocycles. The fourth-order valence-corrected chi connectivity index (χ4v) is 2.15. The van der Waals surface area contributed by atoms with Crippen LogP contribution in [0.3, 0.4) is 0 Å². The largest absolute Gasteiger partial charge is 0.355 e. The Hall–Kier alpha value is -2.76. The minimum atomic E-state index is -1.32. The maximum absolute atomic E-state index is 13.2. The van der Waals surface area contributed by atoms with E-state index in [0.29, 0.717) is 13.0 Å². The number of hydrogen-bond acceptors (Lipinski definition) is 2. The predicted molar refractivity (Wildman–Crippen MR) is 91.9 cm³/mol. The molecule has 2 amide bonds. The molecule has 0 fully saturated rings. The van der Waals surface area contributed by atoms with Crippen LogP contribution in [-0.4, -0.2) is 18.4 Å². The highest BCUT2D eigenvalue weighted by Gasteiger charge is 2.35. The summed E-state index contributed by atoms with van der Waals surface area (Å²) < 4.78 is 26.0. The molecule has 0 radical (unpaired) electrons. The highest BCUT2D eigenvalue weighted by Crippen LogP contribution is 2.19. The smallest absolute Gasteiger partial charge is 0.239 e. The number of carbonyl (C=O) groups excluding carboxylic acids is 2. The molecule has 25 heavy (non-hydrogen) atoms. The molecule has 0 aliphatic heterocycles. The van der Waals surface area contributed by atoms with Crippen molar-refractivity contribution >= 4 is 17.5 Å². The number of carbonyl (C=O) groups is 2. The first-order valence-corrected chi connectivity index (χ1v) is 7.89. The molecule has 0 atom stereocenters. The maximum atomic E-state index is 13.2. The van der Waals surface area contributed by atoms with Crippen LogP contribution in [-0.2, 0) is 16.0 Å². The molecule has 0 spiro atoms.